The van der Waals surface area contributed by atoms with E-state index in [4.69, 9.17) is 27.6 Å². The Labute approximate surface area is 121 Å². The highest BCUT2D eigenvalue weighted by Gasteiger charge is 2.13. The van der Waals surface area contributed by atoms with Gasteiger partial charge in [-0.1, -0.05) is 35.2 Å². The van der Waals surface area contributed by atoms with Crippen molar-refractivity contribution >= 4 is 34.9 Å². The molecule has 0 amide bonds. The van der Waals surface area contributed by atoms with E-state index < -0.39 is 0 Å². The number of halogens is 2. The summed E-state index contributed by atoms with van der Waals surface area (Å²) in [6.07, 6.45) is 0. The Morgan fingerprint density at radius 2 is 2.11 bits per heavy atom. The third-order valence-electron chi connectivity index (χ3n) is 2.49. The normalized spacial score (nSPS) is 12.4. The lowest BCUT2D eigenvalue weighted by Gasteiger charge is -2.06. The lowest BCUT2D eigenvalue weighted by atomic mass is 10.3. The Bertz CT molecular complexity index is 558. The lowest BCUT2D eigenvalue weighted by molar-refractivity contribution is 0.430. The van der Waals surface area contributed by atoms with Crippen LogP contribution in [0.4, 0.5) is 11.7 Å². The van der Waals surface area contributed by atoms with Crippen LogP contribution in [0.2, 0.25) is 10.0 Å². The first-order valence-corrected chi connectivity index (χ1v) is 6.64. The molecule has 1 aromatic carbocycles. The molecule has 1 aromatic heterocycles. The molecule has 2 aromatic rings. The summed E-state index contributed by atoms with van der Waals surface area (Å²) in [5.41, 5.74) is 0.664. The Morgan fingerprint density at radius 3 is 2.79 bits per heavy atom. The minimum Gasteiger partial charge on any atom is -0.406 e. The molecule has 0 aliphatic carbocycles. The van der Waals surface area contributed by atoms with Crippen molar-refractivity contribution in [2.24, 2.45) is 0 Å². The van der Waals surface area contributed by atoms with Gasteiger partial charge in [-0.3, -0.25) is 0 Å². The molecule has 19 heavy (non-hydrogen) atoms. The molecule has 0 saturated heterocycles. The van der Waals surface area contributed by atoms with Gasteiger partial charge >= 0.3 is 6.01 Å². The van der Waals surface area contributed by atoms with Crippen LogP contribution in [0.15, 0.2) is 22.6 Å². The number of anilines is 2. The lowest BCUT2D eigenvalue weighted by Crippen LogP contribution is -2.17. The molecule has 7 heteroatoms. The Balaban J connectivity index is 2.11. The third-order valence-corrected chi connectivity index (χ3v) is 3.04. The smallest absolute Gasteiger partial charge is 0.320 e. The number of nitrogens with one attached hydrogen (secondary N) is 2. The van der Waals surface area contributed by atoms with Crippen LogP contribution in [0.25, 0.3) is 0 Å². The van der Waals surface area contributed by atoms with Crippen molar-refractivity contribution in [1.82, 2.24) is 15.5 Å². The highest BCUT2D eigenvalue weighted by atomic mass is 35.5. The zero-order valence-electron chi connectivity index (χ0n) is 10.6. The van der Waals surface area contributed by atoms with Crippen LogP contribution in [-0.2, 0) is 0 Å². The van der Waals surface area contributed by atoms with Gasteiger partial charge in [0, 0.05) is 5.02 Å². The molecule has 1 unspecified atom stereocenters. The fourth-order valence-corrected chi connectivity index (χ4v) is 2.02. The zero-order chi connectivity index (χ0) is 13.8. The van der Waals surface area contributed by atoms with Crippen molar-refractivity contribution < 1.29 is 4.42 Å². The van der Waals surface area contributed by atoms with Gasteiger partial charge < -0.3 is 15.1 Å². The van der Waals surface area contributed by atoms with Gasteiger partial charge in [-0.05, 0) is 31.7 Å². The third kappa shape index (κ3) is 3.59. The predicted molar refractivity (Wildman–Crippen MR) is 76.1 cm³/mol. The first-order chi connectivity index (χ1) is 9.10. The molecule has 0 spiro atoms. The molecule has 0 aliphatic heterocycles. The van der Waals surface area contributed by atoms with Crippen LogP contribution in [0.1, 0.15) is 25.8 Å². The van der Waals surface area contributed by atoms with Gasteiger partial charge in [-0.25, -0.2) is 0 Å². The molecule has 2 rings (SSSR count). The zero-order valence-corrected chi connectivity index (χ0v) is 12.1. The summed E-state index contributed by atoms with van der Waals surface area (Å²) < 4.78 is 5.50. The quantitative estimate of drug-likeness (QED) is 0.879. The first-order valence-electron chi connectivity index (χ1n) is 5.89. The van der Waals surface area contributed by atoms with E-state index in [0.29, 0.717) is 27.6 Å². The average Bonchev–Trinajstić information content (AvgIpc) is 2.82. The fraction of sp³-hybridized carbons (Fsp3) is 0.333. The highest BCUT2D eigenvalue weighted by molar-refractivity contribution is 6.36. The summed E-state index contributed by atoms with van der Waals surface area (Å²) in [6, 6.07) is 5.43. The monoisotopic (exact) mass is 300 g/mol. The number of hydrogen-bond donors (Lipinski definition) is 2. The van der Waals surface area contributed by atoms with Gasteiger partial charge in [0.15, 0.2) is 0 Å². The summed E-state index contributed by atoms with van der Waals surface area (Å²) in [5, 5.41) is 15.1. The van der Waals surface area contributed by atoms with Crippen molar-refractivity contribution in [2.75, 3.05) is 11.9 Å². The van der Waals surface area contributed by atoms with Gasteiger partial charge in [-0.2, -0.15) is 0 Å². The van der Waals surface area contributed by atoms with Gasteiger partial charge in [0.1, 0.15) is 0 Å². The number of hydrogen-bond acceptors (Lipinski definition) is 5. The van der Waals surface area contributed by atoms with E-state index in [1.165, 1.54) is 0 Å². The van der Waals surface area contributed by atoms with Crippen LogP contribution >= 0.6 is 23.2 Å². The van der Waals surface area contributed by atoms with E-state index in [9.17, 15) is 0 Å². The van der Waals surface area contributed by atoms with Crippen molar-refractivity contribution in [1.29, 1.82) is 0 Å². The molecule has 1 atom stereocenters. The molecule has 2 N–H and O–H groups in total. The summed E-state index contributed by atoms with van der Waals surface area (Å²) in [6.45, 7) is 4.80. The summed E-state index contributed by atoms with van der Waals surface area (Å²) in [5.74, 6) is 0.523. The minimum atomic E-state index is 0.00809. The second kappa shape index (κ2) is 6.23. The van der Waals surface area contributed by atoms with Crippen LogP contribution in [0.3, 0.4) is 0 Å². The molecule has 102 valence electrons. The second-order valence-corrected chi connectivity index (χ2v) is 4.82. The van der Waals surface area contributed by atoms with Crippen molar-refractivity contribution in [3.05, 3.63) is 34.1 Å². The van der Waals surface area contributed by atoms with Crippen LogP contribution in [0, 0.1) is 0 Å². The maximum absolute atomic E-state index is 6.05. The molecular weight excluding hydrogens is 287 g/mol. The SMILES string of the molecule is CCNC(C)c1nnc(Nc2ccc(Cl)cc2Cl)o1. The standard InChI is InChI=1S/C12H14Cl2N4O/c1-3-15-7(2)11-17-18-12(19-11)16-10-5-4-8(13)6-9(10)14/h4-7,15H,3H2,1-2H3,(H,16,18). The molecule has 0 fully saturated rings. The van der Waals surface area contributed by atoms with E-state index in [1.54, 1.807) is 18.2 Å². The van der Waals surface area contributed by atoms with Gasteiger partial charge in [-0.15, -0.1) is 5.10 Å². The topological polar surface area (TPSA) is 63.0 Å². The predicted octanol–water partition coefficient (Wildman–Crippen LogP) is 3.79. The van der Waals surface area contributed by atoms with E-state index in [-0.39, 0.29) is 6.04 Å². The number of benzene rings is 1. The minimum absolute atomic E-state index is 0.00809. The number of aromatic nitrogens is 2. The first kappa shape index (κ1) is 14.1. The summed E-state index contributed by atoms with van der Waals surface area (Å²) in [7, 11) is 0. The fourth-order valence-electron chi connectivity index (χ4n) is 1.56. The molecule has 0 bridgehead atoms. The maximum Gasteiger partial charge on any atom is 0.320 e. The molecular formula is C12H14Cl2N4O. The maximum atomic E-state index is 6.05. The summed E-state index contributed by atoms with van der Waals surface area (Å²) in [4.78, 5) is 0. The van der Waals surface area contributed by atoms with E-state index in [2.05, 4.69) is 20.8 Å². The van der Waals surface area contributed by atoms with Crippen molar-refractivity contribution in [3.63, 3.8) is 0 Å². The Hall–Kier alpha value is -1.30. The van der Waals surface area contributed by atoms with Crippen LogP contribution in [0.5, 0.6) is 0 Å². The second-order valence-electron chi connectivity index (χ2n) is 3.97. The Kier molecular flexibility index (Phi) is 4.63. The van der Waals surface area contributed by atoms with Gasteiger partial charge in [0.2, 0.25) is 5.89 Å². The Morgan fingerprint density at radius 1 is 1.32 bits per heavy atom. The van der Waals surface area contributed by atoms with Crippen LogP contribution in [-0.4, -0.2) is 16.7 Å². The summed E-state index contributed by atoms with van der Waals surface area (Å²) >= 11 is 11.9. The van der Waals surface area contributed by atoms with E-state index >= 15 is 0 Å². The molecule has 1 heterocycles. The van der Waals surface area contributed by atoms with Crippen LogP contribution < -0.4 is 10.6 Å². The van der Waals surface area contributed by atoms with Gasteiger partial charge in [0.25, 0.3) is 0 Å². The average molecular weight is 301 g/mol. The van der Waals surface area contributed by atoms with Crippen molar-refractivity contribution in [2.45, 2.75) is 19.9 Å². The number of nitrogens with zero attached hydrogens (tertiary/aromatic N) is 2. The number of rotatable bonds is 5. The molecule has 5 nitrogen and oxygen atoms in total. The van der Waals surface area contributed by atoms with E-state index in [0.717, 1.165) is 6.54 Å². The van der Waals surface area contributed by atoms with Gasteiger partial charge in [0.05, 0.1) is 16.8 Å². The molecule has 0 radical (unpaired) electrons. The highest BCUT2D eigenvalue weighted by Crippen LogP contribution is 2.28. The molecule has 0 saturated carbocycles. The van der Waals surface area contributed by atoms with E-state index in [1.807, 2.05) is 13.8 Å². The van der Waals surface area contributed by atoms with Crippen molar-refractivity contribution in [3.8, 4) is 0 Å². The largest absolute Gasteiger partial charge is 0.406 e. The molecule has 0 aliphatic rings.